The van der Waals surface area contributed by atoms with E-state index in [-0.39, 0.29) is 0 Å². The first-order valence-corrected chi connectivity index (χ1v) is 6.23. The van der Waals surface area contributed by atoms with E-state index in [1.807, 2.05) is 18.2 Å². The third kappa shape index (κ3) is 5.39. The SMILES string of the molecule is COCCNCCOc1ccc(OC)cc1Br. The van der Waals surface area contributed by atoms with E-state index >= 15 is 0 Å². The van der Waals surface area contributed by atoms with E-state index in [0.29, 0.717) is 13.2 Å². The number of methoxy groups -OCH3 is 2. The zero-order valence-electron chi connectivity index (χ0n) is 10.2. The summed E-state index contributed by atoms with van der Waals surface area (Å²) in [6.07, 6.45) is 0. The van der Waals surface area contributed by atoms with Gasteiger partial charge in [-0.3, -0.25) is 0 Å². The standard InChI is InChI=1S/C12H18BrNO3/c1-15-7-5-14-6-8-17-12-4-3-10(16-2)9-11(12)13/h3-4,9,14H,5-8H2,1-2H3. The van der Waals surface area contributed by atoms with E-state index in [2.05, 4.69) is 21.2 Å². The van der Waals surface area contributed by atoms with Crippen LogP contribution < -0.4 is 14.8 Å². The van der Waals surface area contributed by atoms with Gasteiger partial charge in [-0.05, 0) is 34.1 Å². The van der Waals surface area contributed by atoms with Gasteiger partial charge in [0.25, 0.3) is 0 Å². The summed E-state index contributed by atoms with van der Waals surface area (Å²) in [7, 11) is 3.33. The van der Waals surface area contributed by atoms with Crippen molar-refractivity contribution in [3.63, 3.8) is 0 Å². The minimum Gasteiger partial charge on any atom is -0.497 e. The van der Waals surface area contributed by atoms with Gasteiger partial charge in [-0.25, -0.2) is 0 Å². The fraction of sp³-hybridized carbons (Fsp3) is 0.500. The predicted octanol–water partition coefficient (Wildman–Crippen LogP) is 2.07. The number of nitrogens with one attached hydrogen (secondary N) is 1. The maximum atomic E-state index is 5.61. The Morgan fingerprint density at radius 1 is 1.18 bits per heavy atom. The third-order valence-electron chi connectivity index (χ3n) is 2.16. The van der Waals surface area contributed by atoms with Gasteiger partial charge in [0.05, 0.1) is 18.2 Å². The highest BCUT2D eigenvalue weighted by Crippen LogP contribution is 2.28. The molecule has 5 heteroatoms. The van der Waals surface area contributed by atoms with Crippen LogP contribution in [0.4, 0.5) is 0 Å². The van der Waals surface area contributed by atoms with Crippen LogP contribution in [0.1, 0.15) is 0 Å². The summed E-state index contributed by atoms with van der Waals surface area (Å²) >= 11 is 3.44. The highest BCUT2D eigenvalue weighted by Gasteiger charge is 2.02. The lowest BCUT2D eigenvalue weighted by molar-refractivity contribution is 0.196. The lowest BCUT2D eigenvalue weighted by Gasteiger charge is -2.10. The van der Waals surface area contributed by atoms with Crippen LogP contribution in [0.3, 0.4) is 0 Å². The first-order valence-electron chi connectivity index (χ1n) is 5.44. The number of rotatable bonds is 8. The summed E-state index contributed by atoms with van der Waals surface area (Å²) in [6, 6.07) is 5.64. The van der Waals surface area contributed by atoms with E-state index in [1.165, 1.54) is 0 Å². The summed E-state index contributed by atoms with van der Waals surface area (Å²) in [6.45, 7) is 2.96. The van der Waals surface area contributed by atoms with Crippen molar-refractivity contribution in [2.24, 2.45) is 0 Å². The molecule has 0 fully saturated rings. The zero-order valence-corrected chi connectivity index (χ0v) is 11.7. The van der Waals surface area contributed by atoms with E-state index < -0.39 is 0 Å². The van der Waals surface area contributed by atoms with E-state index in [9.17, 15) is 0 Å². The van der Waals surface area contributed by atoms with Gasteiger partial charge in [0.15, 0.2) is 0 Å². The van der Waals surface area contributed by atoms with Crippen molar-refractivity contribution in [2.75, 3.05) is 40.5 Å². The van der Waals surface area contributed by atoms with Crippen LogP contribution in [0.15, 0.2) is 22.7 Å². The highest BCUT2D eigenvalue weighted by atomic mass is 79.9. The molecule has 0 aliphatic carbocycles. The molecule has 0 saturated carbocycles. The Morgan fingerprint density at radius 2 is 1.94 bits per heavy atom. The van der Waals surface area contributed by atoms with Crippen molar-refractivity contribution in [3.05, 3.63) is 22.7 Å². The fourth-order valence-corrected chi connectivity index (χ4v) is 1.73. The number of hydrogen-bond donors (Lipinski definition) is 1. The van der Waals surface area contributed by atoms with Crippen molar-refractivity contribution < 1.29 is 14.2 Å². The molecular weight excluding hydrogens is 286 g/mol. The second-order valence-electron chi connectivity index (χ2n) is 3.39. The maximum absolute atomic E-state index is 5.61. The maximum Gasteiger partial charge on any atom is 0.133 e. The Balaban J connectivity index is 2.27. The van der Waals surface area contributed by atoms with Gasteiger partial charge >= 0.3 is 0 Å². The molecular formula is C12H18BrNO3. The molecule has 0 atom stereocenters. The Hall–Kier alpha value is -0.780. The molecule has 0 aromatic heterocycles. The van der Waals surface area contributed by atoms with E-state index in [1.54, 1.807) is 14.2 Å². The van der Waals surface area contributed by atoms with Gasteiger partial charge in [0.2, 0.25) is 0 Å². The normalized spacial score (nSPS) is 10.3. The summed E-state index contributed by atoms with van der Waals surface area (Å²) in [4.78, 5) is 0. The highest BCUT2D eigenvalue weighted by molar-refractivity contribution is 9.10. The number of ether oxygens (including phenoxy) is 3. The Morgan fingerprint density at radius 3 is 2.59 bits per heavy atom. The van der Waals surface area contributed by atoms with Gasteiger partial charge in [0.1, 0.15) is 18.1 Å². The molecule has 0 aliphatic rings. The number of halogens is 1. The minimum absolute atomic E-state index is 0.620. The lowest BCUT2D eigenvalue weighted by atomic mass is 10.3. The zero-order chi connectivity index (χ0) is 12.5. The first-order chi connectivity index (χ1) is 8.27. The van der Waals surface area contributed by atoms with Crippen molar-refractivity contribution in [3.8, 4) is 11.5 Å². The number of hydrogen-bond acceptors (Lipinski definition) is 4. The monoisotopic (exact) mass is 303 g/mol. The molecule has 0 bridgehead atoms. The average Bonchev–Trinajstić information content (AvgIpc) is 2.35. The topological polar surface area (TPSA) is 39.7 Å². The summed E-state index contributed by atoms with van der Waals surface area (Å²) < 4.78 is 16.5. The molecule has 0 spiro atoms. The van der Waals surface area contributed by atoms with Crippen LogP contribution >= 0.6 is 15.9 Å². The Bertz CT molecular complexity index is 334. The molecule has 0 unspecified atom stereocenters. The molecule has 0 aliphatic heterocycles. The lowest BCUT2D eigenvalue weighted by Crippen LogP contribution is -2.24. The largest absolute Gasteiger partial charge is 0.497 e. The fourth-order valence-electron chi connectivity index (χ4n) is 1.26. The van der Waals surface area contributed by atoms with Gasteiger partial charge in [-0.2, -0.15) is 0 Å². The van der Waals surface area contributed by atoms with E-state index in [0.717, 1.165) is 29.1 Å². The second-order valence-corrected chi connectivity index (χ2v) is 4.24. The van der Waals surface area contributed by atoms with Crippen molar-refractivity contribution in [1.82, 2.24) is 5.32 Å². The van der Waals surface area contributed by atoms with Crippen molar-refractivity contribution in [1.29, 1.82) is 0 Å². The Labute approximate surface area is 110 Å². The smallest absolute Gasteiger partial charge is 0.133 e. The second kappa shape index (κ2) is 8.33. The van der Waals surface area contributed by atoms with Gasteiger partial charge in [-0.1, -0.05) is 0 Å². The van der Waals surface area contributed by atoms with Crippen LogP contribution in [0, 0.1) is 0 Å². The molecule has 0 amide bonds. The van der Waals surface area contributed by atoms with Crippen LogP contribution in [0.5, 0.6) is 11.5 Å². The van der Waals surface area contributed by atoms with Crippen LogP contribution in [-0.2, 0) is 4.74 Å². The average molecular weight is 304 g/mol. The summed E-state index contributed by atoms with van der Waals surface area (Å²) in [5.41, 5.74) is 0. The molecule has 0 radical (unpaired) electrons. The number of benzene rings is 1. The van der Waals surface area contributed by atoms with Crippen LogP contribution in [0.25, 0.3) is 0 Å². The molecule has 96 valence electrons. The quantitative estimate of drug-likeness (QED) is 0.746. The van der Waals surface area contributed by atoms with Gasteiger partial charge in [-0.15, -0.1) is 0 Å². The van der Waals surface area contributed by atoms with Gasteiger partial charge in [0, 0.05) is 20.2 Å². The molecule has 1 rings (SSSR count). The molecule has 1 aromatic carbocycles. The van der Waals surface area contributed by atoms with Gasteiger partial charge < -0.3 is 19.5 Å². The van der Waals surface area contributed by atoms with Crippen LogP contribution in [0.2, 0.25) is 0 Å². The Kier molecular flexibility index (Phi) is 7.00. The molecule has 1 aromatic rings. The minimum atomic E-state index is 0.620. The van der Waals surface area contributed by atoms with Crippen molar-refractivity contribution >= 4 is 15.9 Å². The molecule has 0 heterocycles. The van der Waals surface area contributed by atoms with Crippen molar-refractivity contribution in [2.45, 2.75) is 0 Å². The predicted molar refractivity (Wildman–Crippen MR) is 70.9 cm³/mol. The molecule has 1 N–H and O–H groups in total. The molecule has 17 heavy (non-hydrogen) atoms. The molecule has 0 saturated heterocycles. The first kappa shape index (κ1) is 14.3. The summed E-state index contributed by atoms with van der Waals surface area (Å²) in [5.74, 6) is 1.63. The molecule has 4 nitrogen and oxygen atoms in total. The summed E-state index contributed by atoms with van der Waals surface area (Å²) in [5, 5.41) is 3.21. The van der Waals surface area contributed by atoms with Crippen LogP contribution in [-0.4, -0.2) is 40.5 Å². The third-order valence-corrected chi connectivity index (χ3v) is 2.78. The van der Waals surface area contributed by atoms with E-state index in [4.69, 9.17) is 14.2 Å².